The molecule has 6 heteroatoms. The van der Waals surface area contributed by atoms with Gasteiger partial charge in [0, 0.05) is 0 Å². The van der Waals surface area contributed by atoms with E-state index in [0.717, 1.165) is 31.7 Å². The Bertz CT molecular complexity index is 675. The van der Waals surface area contributed by atoms with Crippen molar-refractivity contribution in [3.8, 4) is 0 Å². The summed E-state index contributed by atoms with van der Waals surface area (Å²) in [5.41, 5.74) is -1.33. The van der Waals surface area contributed by atoms with Crippen molar-refractivity contribution in [2.24, 2.45) is 5.92 Å². The highest BCUT2D eigenvalue weighted by Crippen LogP contribution is 2.36. The fourth-order valence-electron chi connectivity index (χ4n) is 3.62. The van der Waals surface area contributed by atoms with E-state index in [9.17, 15) is 19.5 Å². The standard InChI is InChI=1S/C21H30O6/c1-5-9-10-15(6-2)21(7-3,8-4)27-20(26)16-12-11-14(18(22)23)13-17(16)19(24)25/h11-13,15H,5-10H2,1-4H3,(H,22,23)(H,24,25). The maximum atomic E-state index is 12.8. The van der Waals surface area contributed by atoms with Crippen LogP contribution in [0.25, 0.3) is 0 Å². The molecular weight excluding hydrogens is 348 g/mol. The van der Waals surface area contributed by atoms with Crippen LogP contribution in [0.15, 0.2) is 18.2 Å². The molecule has 2 N–H and O–H groups in total. The molecule has 1 aromatic rings. The number of rotatable bonds is 11. The molecule has 150 valence electrons. The Labute approximate surface area is 160 Å². The van der Waals surface area contributed by atoms with Crippen molar-refractivity contribution in [3.63, 3.8) is 0 Å². The number of esters is 1. The summed E-state index contributed by atoms with van der Waals surface area (Å²) in [6.45, 7) is 8.12. The molecule has 0 saturated carbocycles. The zero-order valence-corrected chi connectivity index (χ0v) is 16.6. The number of carboxylic acid groups (broad SMARTS) is 2. The Morgan fingerprint density at radius 3 is 2.07 bits per heavy atom. The van der Waals surface area contributed by atoms with Crippen LogP contribution in [0, 0.1) is 5.92 Å². The summed E-state index contributed by atoms with van der Waals surface area (Å²) in [4.78, 5) is 35.5. The summed E-state index contributed by atoms with van der Waals surface area (Å²) >= 11 is 0. The lowest BCUT2D eigenvalue weighted by molar-refractivity contribution is -0.0607. The molecule has 1 aromatic carbocycles. The van der Waals surface area contributed by atoms with E-state index in [4.69, 9.17) is 9.84 Å². The summed E-state index contributed by atoms with van der Waals surface area (Å²) in [6.07, 6.45) is 5.14. The number of hydrogen-bond donors (Lipinski definition) is 2. The summed E-state index contributed by atoms with van der Waals surface area (Å²) in [6, 6.07) is 3.44. The van der Waals surface area contributed by atoms with Crippen LogP contribution in [0.4, 0.5) is 0 Å². The van der Waals surface area contributed by atoms with Gasteiger partial charge in [0.25, 0.3) is 0 Å². The van der Waals surface area contributed by atoms with Crippen molar-refractivity contribution in [2.75, 3.05) is 0 Å². The van der Waals surface area contributed by atoms with Crippen LogP contribution in [-0.4, -0.2) is 33.7 Å². The number of carbonyl (C=O) groups is 3. The number of hydrogen-bond acceptors (Lipinski definition) is 4. The summed E-state index contributed by atoms with van der Waals surface area (Å²) in [5.74, 6) is -3.15. The SMILES string of the molecule is CCCCC(CC)C(CC)(CC)OC(=O)c1ccc(C(=O)O)cc1C(=O)O. The Morgan fingerprint density at radius 2 is 1.63 bits per heavy atom. The molecule has 0 spiro atoms. The Kier molecular flexibility index (Phi) is 8.47. The van der Waals surface area contributed by atoms with Gasteiger partial charge in [-0.05, 0) is 49.8 Å². The summed E-state index contributed by atoms with van der Waals surface area (Å²) in [5, 5.41) is 18.5. The zero-order valence-electron chi connectivity index (χ0n) is 16.6. The van der Waals surface area contributed by atoms with Crippen molar-refractivity contribution in [2.45, 2.75) is 71.8 Å². The molecule has 0 aliphatic rings. The van der Waals surface area contributed by atoms with Gasteiger partial charge in [-0.3, -0.25) is 0 Å². The molecule has 0 bridgehead atoms. The van der Waals surface area contributed by atoms with Gasteiger partial charge in [-0.1, -0.05) is 40.5 Å². The van der Waals surface area contributed by atoms with Crippen molar-refractivity contribution in [1.82, 2.24) is 0 Å². The fraction of sp³-hybridized carbons (Fsp3) is 0.571. The lowest BCUT2D eigenvalue weighted by Gasteiger charge is -2.39. The predicted octanol–water partition coefficient (Wildman–Crippen LogP) is 5.02. The summed E-state index contributed by atoms with van der Waals surface area (Å²) < 4.78 is 5.91. The molecule has 1 rings (SSSR count). The number of carbonyl (C=O) groups excluding carboxylic acids is 1. The monoisotopic (exact) mass is 378 g/mol. The second kappa shape index (κ2) is 10.1. The van der Waals surface area contributed by atoms with Gasteiger partial charge >= 0.3 is 17.9 Å². The van der Waals surface area contributed by atoms with Gasteiger partial charge in [0.05, 0.1) is 16.7 Å². The topological polar surface area (TPSA) is 101 Å². The first-order valence-corrected chi connectivity index (χ1v) is 9.60. The van der Waals surface area contributed by atoms with Gasteiger partial charge < -0.3 is 14.9 Å². The molecular formula is C21H30O6. The van der Waals surface area contributed by atoms with E-state index in [-0.39, 0.29) is 22.6 Å². The minimum Gasteiger partial charge on any atom is -0.478 e. The first-order valence-electron chi connectivity index (χ1n) is 9.60. The molecule has 0 radical (unpaired) electrons. The molecule has 0 amide bonds. The third-order valence-electron chi connectivity index (χ3n) is 5.35. The van der Waals surface area contributed by atoms with Gasteiger partial charge in [0.15, 0.2) is 0 Å². The van der Waals surface area contributed by atoms with Gasteiger partial charge in [0.2, 0.25) is 0 Å². The van der Waals surface area contributed by atoms with Crippen molar-refractivity contribution >= 4 is 17.9 Å². The normalized spacial score (nSPS) is 12.4. The largest absolute Gasteiger partial charge is 0.478 e. The molecule has 6 nitrogen and oxygen atoms in total. The number of carboxylic acids is 2. The average molecular weight is 378 g/mol. The fourth-order valence-corrected chi connectivity index (χ4v) is 3.62. The second-order valence-electron chi connectivity index (χ2n) is 6.78. The van der Waals surface area contributed by atoms with Gasteiger partial charge in [0.1, 0.15) is 5.60 Å². The van der Waals surface area contributed by atoms with Gasteiger partial charge in [-0.15, -0.1) is 0 Å². The van der Waals surface area contributed by atoms with Crippen LogP contribution in [0.2, 0.25) is 0 Å². The van der Waals surface area contributed by atoms with Crippen LogP contribution in [0.3, 0.4) is 0 Å². The average Bonchev–Trinajstić information content (AvgIpc) is 2.66. The zero-order chi connectivity index (χ0) is 20.6. The molecule has 0 aliphatic carbocycles. The minimum atomic E-state index is -1.36. The number of benzene rings is 1. The third kappa shape index (κ3) is 5.31. The maximum absolute atomic E-state index is 12.8. The van der Waals surface area contributed by atoms with E-state index in [2.05, 4.69) is 13.8 Å². The van der Waals surface area contributed by atoms with Crippen LogP contribution in [0.1, 0.15) is 97.3 Å². The lowest BCUT2D eigenvalue weighted by Crippen LogP contribution is -2.42. The highest BCUT2D eigenvalue weighted by molar-refractivity contribution is 6.04. The molecule has 0 heterocycles. The molecule has 27 heavy (non-hydrogen) atoms. The van der Waals surface area contributed by atoms with Gasteiger partial charge in [-0.25, -0.2) is 14.4 Å². The molecule has 0 fully saturated rings. The first kappa shape index (κ1) is 22.7. The molecule has 0 aromatic heterocycles. The van der Waals surface area contributed by atoms with Crippen LogP contribution in [0.5, 0.6) is 0 Å². The highest BCUT2D eigenvalue weighted by atomic mass is 16.6. The lowest BCUT2D eigenvalue weighted by atomic mass is 9.78. The molecule has 0 aliphatic heterocycles. The van der Waals surface area contributed by atoms with Crippen LogP contribution in [-0.2, 0) is 4.74 Å². The van der Waals surface area contributed by atoms with Crippen LogP contribution >= 0.6 is 0 Å². The molecule has 1 unspecified atom stereocenters. The highest BCUT2D eigenvalue weighted by Gasteiger charge is 2.39. The van der Waals surface area contributed by atoms with Crippen molar-refractivity contribution in [1.29, 1.82) is 0 Å². The third-order valence-corrected chi connectivity index (χ3v) is 5.35. The van der Waals surface area contributed by atoms with E-state index in [1.165, 1.54) is 12.1 Å². The minimum absolute atomic E-state index is 0.121. The quantitative estimate of drug-likeness (QED) is 0.525. The van der Waals surface area contributed by atoms with E-state index in [1.807, 2.05) is 13.8 Å². The smallest absolute Gasteiger partial charge is 0.339 e. The Morgan fingerprint density at radius 1 is 1.00 bits per heavy atom. The number of aromatic carboxylic acids is 2. The Balaban J connectivity index is 3.26. The molecule has 0 saturated heterocycles. The second-order valence-corrected chi connectivity index (χ2v) is 6.78. The van der Waals surface area contributed by atoms with Crippen molar-refractivity contribution in [3.05, 3.63) is 34.9 Å². The van der Waals surface area contributed by atoms with E-state index in [1.54, 1.807) is 0 Å². The van der Waals surface area contributed by atoms with Crippen LogP contribution < -0.4 is 0 Å². The predicted molar refractivity (Wildman–Crippen MR) is 102 cm³/mol. The summed E-state index contributed by atoms with van der Waals surface area (Å²) in [7, 11) is 0. The maximum Gasteiger partial charge on any atom is 0.339 e. The van der Waals surface area contributed by atoms with Crippen molar-refractivity contribution < 1.29 is 29.3 Å². The Hall–Kier alpha value is -2.37. The number of ether oxygens (including phenoxy) is 1. The number of unbranched alkanes of at least 4 members (excludes halogenated alkanes) is 1. The van der Waals surface area contributed by atoms with E-state index >= 15 is 0 Å². The van der Waals surface area contributed by atoms with E-state index in [0.29, 0.717) is 12.8 Å². The van der Waals surface area contributed by atoms with Gasteiger partial charge in [-0.2, -0.15) is 0 Å². The molecule has 1 atom stereocenters. The van der Waals surface area contributed by atoms with E-state index < -0.39 is 23.5 Å². The first-order chi connectivity index (χ1) is 12.8.